The van der Waals surface area contributed by atoms with Crippen LogP contribution >= 0.6 is 23.4 Å². The highest BCUT2D eigenvalue weighted by Gasteiger charge is 2.01. The van der Waals surface area contributed by atoms with E-state index in [9.17, 15) is 0 Å². The van der Waals surface area contributed by atoms with E-state index < -0.39 is 0 Å². The molecule has 0 aliphatic rings. The van der Waals surface area contributed by atoms with Crippen molar-refractivity contribution < 1.29 is 0 Å². The number of nitrogens with zero attached hydrogens (tertiary/aromatic N) is 1. The van der Waals surface area contributed by atoms with Gasteiger partial charge in [0.1, 0.15) is 5.82 Å². The van der Waals surface area contributed by atoms with E-state index in [1.165, 1.54) is 11.8 Å². The Morgan fingerprint density at radius 1 is 1.70 bits per heavy atom. The van der Waals surface area contributed by atoms with Gasteiger partial charge in [-0.1, -0.05) is 11.6 Å². The normalized spacial score (nSPS) is 9.80. The lowest BCUT2D eigenvalue weighted by Crippen LogP contribution is -1.91. The third-order valence-corrected chi connectivity index (χ3v) is 2.35. The van der Waals surface area contributed by atoms with Crippen molar-refractivity contribution >= 4 is 29.2 Å². The summed E-state index contributed by atoms with van der Waals surface area (Å²) < 4.78 is 0. The van der Waals surface area contributed by atoms with Gasteiger partial charge in [0.2, 0.25) is 0 Å². The average molecular weight is 175 g/mol. The van der Waals surface area contributed by atoms with Gasteiger partial charge in [0, 0.05) is 6.20 Å². The minimum Gasteiger partial charge on any atom is -0.383 e. The molecule has 0 radical (unpaired) electrons. The van der Waals surface area contributed by atoms with Gasteiger partial charge in [0.05, 0.1) is 9.92 Å². The van der Waals surface area contributed by atoms with Crippen LogP contribution in [0.5, 0.6) is 0 Å². The second-order valence-corrected chi connectivity index (χ2v) is 2.93. The molecule has 0 aliphatic heterocycles. The summed E-state index contributed by atoms with van der Waals surface area (Å²) in [5.41, 5.74) is 5.52. The van der Waals surface area contributed by atoms with Crippen LogP contribution in [0.1, 0.15) is 0 Å². The van der Waals surface area contributed by atoms with Gasteiger partial charge in [-0.15, -0.1) is 11.8 Å². The first kappa shape index (κ1) is 7.69. The van der Waals surface area contributed by atoms with Gasteiger partial charge in [0.25, 0.3) is 0 Å². The van der Waals surface area contributed by atoms with Crippen molar-refractivity contribution in [3.05, 3.63) is 17.3 Å². The maximum absolute atomic E-state index is 5.79. The van der Waals surface area contributed by atoms with E-state index in [4.69, 9.17) is 17.3 Å². The molecule has 4 heteroatoms. The summed E-state index contributed by atoms with van der Waals surface area (Å²) in [6.07, 6.45) is 3.51. The van der Waals surface area contributed by atoms with Crippen LogP contribution < -0.4 is 5.73 Å². The fourth-order valence-electron chi connectivity index (χ4n) is 0.642. The summed E-state index contributed by atoms with van der Waals surface area (Å²) >= 11 is 7.29. The number of pyridine rings is 1. The first-order chi connectivity index (χ1) is 4.75. The van der Waals surface area contributed by atoms with E-state index in [0.29, 0.717) is 10.8 Å². The first-order valence-corrected chi connectivity index (χ1v) is 4.30. The number of hydrogen-bond donors (Lipinski definition) is 1. The Bertz CT molecular complexity index is 219. The van der Waals surface area contributed by atoms with Crippen molar-refractivity contribution in [1.82, 2.24) is 4.98 Å². The molecule has 0 aliphatic carbocycles. The smallest absolute Gasteiger partial charge is 0.138 e. The zero-order valence-electron chi connectivity index (χ0n) is 5.47. The summed E-state index contributed by atoms with van der Waals surface area (Å²) in [6, 6.07) is 1.73. The Labute approximate surface area is 68.8 Å². The van der Waals surface area contributed by atoms with Crippen LogP contribution in [0.2, 0.25) is 5.02 Å². The highest BCUT2D eigenvalue weighted by Crippen LogP contribution is 2.28. The molecule has 0 fully saturated rings. The zero-order valence-corrected chi connectivity index (χ0v) is 7.04. The van der Waals surface area contributed by atoms with Crippen molar-refractivity contribution in [3.63, 3.8) is 0 Å². The van der Waals surface area contributed by atoms with Crippen LogP contribution in [-0.4, -0.2) is 11.2 Å². The molecule has 1 heterocycles. The summed E-state index contributed by atoms with van der Waals surface area (Å²) in [7, 11) is 0. The van der Waals surface area contributed by atoms with Crippen LogP contribution in [0.15, 0.2) is 17.2 Å². The largest absolute Gasteiger partial charge is 0.383 e. The molecule has 0 atom stereocenters. The second-order valence-electron chi connectivity index (χ2n) is 1.71. The highest BCUT2D eigenvalue weighted by atomic mass is 35.5. The summed E-state index contributed by atoms with van der Waals surface area (Å²) in [6.45, 7) is 0. The average Bonchev–Trinajstić information content (AvgIpc) is 1.88. The lowest BCUT2D eigenvalue weighted by atomic mass is 10.5. The number of nitrogens with two attached hydrogens (primary N) is 1. The van der Waals surface area contributed by atoms with Crippen LogP contribution in [0, 0.1) is 0 Å². The standard InChI is InChI=1S/C6H7ClN2S/c1-10-5-4(7)2-3-9-6(5)8/h2-3H,1H3,(H2,8,9). The van der Waals surface area contributed by atoms with E-state index in [-0.39, 0.29) is 0 Å². The van der Waals surface area contributed by atoms with Crippen LogP contribution in [0.4, 0.5) is 5.82 Å². The SMILES string of the molecule is CSc1c(Cl)ccnc1N. The molecule has 0 unspecified atom stereocenters. The molecule has 54 valence electrons. The molecule has 0 aromatic carbocycles. The van der Waals surface area contributed by atoms with Crippen LogP contribution in [0.3, 0.4) is 0 Å². The molecule has 2 N–H and O–H groups in total. The predicted molar refractivity (Wildman–Crippen MR) is 45.4 cm³/mol. The Balaban J connectivity index is 3.17. The summed E-state index contributed by atoms with van der Waals surface area (Å²) in [5.74, 6) is 0.500. The number of halogens is 1. The Morgan fingerprint density at radius 2 is 2.40 bits per heavy atom. The monoisotopic (exact) mass is 174 g/mol. The maximum Gasteiger partial charge on any atom is 0.138 e. The number of thioether (sulfide) groups is 1. The summed E-state index contributed by atoms with van der Waals surface area (Å²) in [4.78, 5) is 4.73. The number of hydrogen-bond acceptors (Lipinski definition) is 3. The van der Waals surface area contributed by atoms with Gasteiger partial charge in [-0.25, -0.2) is 4.98 Å². The number of nitrogen functional groups attached to an aromatic ring is 1. The van der Waals surface area contributed by atoms with Crippen molar-refractivity contribution in [2.24, 2.45) is 0 Å². The maximum atomic E-state index is 5.79. The number of anilines is 1. The molecule has 2 nitrogen and oxygen atoms in total. The van der Waals surface area contributed by atoms with E-state index >= 15 is 0 Å². The molecule has 0 amide bonds. The third-order valence-electron chi connectivity index (χ3n) is 1.09. The van der Waals surface area contributed by atoms with Gasteiger partial charge in [-0.2, -0.15) is 0 Å². The zero-order chi connectivity index (χ0) is 7.56. The molecular weight excluding hydrogens is 168 g/mol. The van der Waals surface area contributed by atoms with E-state index in [1.807, 2.05) is 6.26 Å². The van der Waals surface area contributed by atoms with Crippen LogP contribution in [-0.2, 0) is 0 Å². The third kappa shape index (κ3) is 1.36. The Hall–Kier alpha value is -0.410. The van der Waals surface area contributed by atoms with Crippen LogP contribution in [0.25, 0.3) is 0 Å². The van der Waals surface area contributed by atoms with Gasteiger partial charge in [0.15, 0.2) is 0 Å². The second kappa shape index (κ2) is 3.12. The Kier molecular flexibility index (Phi) is 2.40. The number of aromatic nitrogens is 1. The Morgan fingerprint density at radius 3 is 2.80 bits per heavy atom. The number of rotatable bonds is 1. The minimum absolute atomic E-state index is 0.500. The van der Waals surface area contributed by atoms with Gasteiger partial charge in [-0.3, -0.25) is 0 Å². The lowest BCUT2D eigenvalue weighted by Gasteiger charge is -2.01. The molecule has 0 bridgehead atoms. The molecule has 1 aromatic heterocycles. The predicted octanol–water partition coefficient (Wildman–Crippen LogP) is 2.04. The topological polar surface area (TPSA) is 38.9 Å². The fraction of sp³-hybridized carbons (Fsp3) is 0.167. The van der Waals surface area contributed by atoms with Gasteiger partial charge >= 0.3 is 0 Å². The molecule has 1 rings (SSSR count). The van der Waals surface area contributed by atoms with E-state index in [1.54, 1.807) is 12.3 Å². The summed E-state index contributed by atoms with van der Waals surface area (Å²) in [5, 5.41) is 0.667. The van der Waals surface area contributed by atoms with E-state index in [0.717, 1.165) is 4.90 Å². The molecule has 10 heavy (non-hydrogen) atoms. The van der Waals surface area contributed by atoms with Gasteiger partial charge in [-0.05, 0) is 12.3 Å². The van der Waals surface area contributed by atoms with Crippen molar-refractivity contribution in [3.8, 4) is 0 Å². The van der Waals surface area contributed by atoms with Crippen molar-refractivity contribution in [2.45, 2.75) is 4.90 Å². The first-order valence-electron chi connectivity index (χ1n) is 2.69. The fourth-order valence-corrected chi connectivity index (χ4v) is 1.55. The lowest BCUT2D eigenvalue weighted by molar-refractivity contribution is 1.25. The van der Waals surface area contributed by atoms with Crippen molar-refractivity contribution in [1.29, 1.82) is 0 Å². The minimum atomic E-state index is 0.500. The molecule has 0 saturated heterocycles. The molecular formula is C6H7ClN2S. The quantitative estimate of drug-likeness (QED) is 0.663. The van der Waals surface area contributed by atoms with E-state index in [2.05, 4.69) is 4.98 Å². The van der Waals surface area contributed by atoms with Crippen molar-refractivity contribution in [2.75, 3.05) is 12.0 Å². The van der Waals surface area contributed by atoms with Gasteiger partial charge < -0.3 is 5.73 Å². The molecule has 0 saturated carbocycles. The highest BCUT2D eigenvalue weighted by molar-refractivity contribution is 7.98. The molecule has 1 aromatic rings. The molecule has 0 spiro atoms.